The largest absolute Gasteiger partial charge is 0.497 e. The summed E-state index contributed by atoms with van der Waals surface area (Å²) in [6.45, 7) is 2.21. The normalized spacial score (nSPS) is 23.7. The molecule has 29 heavy (non-hydrogen) atoms. The Hall–Kier alpha value is -2.78. The van der Waals surface area contributed by atoms with Gasteiger partial charge in [0.1, 0.15) is 5.75 Å². The fourth-order valence-electron chi connectivity index (χ4n) is 5.29. The van der Waals surface area contributed by atoms with E-state index in [9.17, 15) is 0 Å². The van der Waals surface area contributed by atoms with Crippen LogP contribution in [0.15, 0.2) is 78.9 Å². The van der Waals surface area contributed by atoms with Crippen molar-refractivity contribution in [2.24, 2.45) is 0 Å². The van der Waals surface area contributed by atoms with Crippen LogP contribution in [0.2, 0.25) is 0 Å². The summed E-state index contributed by atoms with van der Waals surface area (Å²) < 4.78 is 5.43. The second-order valence-electron chi connectivity index (χ2n) is 8.18. The fourth-order valence-corrected chi connectivity index (χ4v) is 5.29. The number of hydrogen-bond acceptors (Lipinski definition) is 3. The number of para-hydroxylation sites is 1. The maximum absolute atomic E-state index is 5.43. The summed E-state index contributed by atoms with van der Waals surface area (Å²) in [7, 11) is 1.73. The minimum Gasteiger partial charge on any atom is -0.497 e. The Morgan fingerprint density at radius 2 is 1.66 bits per heavy atom. The molecule has 2 unspecified atom stereocenters. The van der Waals surface area contributed by atoms with Gasteiger partial charge in [-0.1, -0.05) is 54.6 Å². The predicted molar refractivity (Wildman–Crippen MR) is 119 cm³/mol. The quantitative estimate of drug-likeness (QED) is 0.680. The van der Waals surface area contributed by atoms with E-state index in [1.54, 1.807) is 7.11 Å². The Balaban J connectivity index is 1.58. The van der Waals surface area contributed by atoms with Gasteiger partial charge < -0.3 is 10.1 Å². The fraction of sp³-hybridized carbons (Fsp3) is 0.308. The van der Waals surface area contributed by atoms with Crippen molar-refractivity contribution in [1.29, 1.82) is 0 Å². The number of rotatable bonds is 4. The maximum Gasteiger partial charge on any atom is 0.118 e. The van der Waals surface area contributed by atoms with Crippen molar-refractivity contribution in [3.05, 3.63) is 95.6 Å². The van der Waals surface area contributed by atoms with E-state index in [1.807, 2.05) is 0 Å². The molecule has 0 amide bonds. The van der Waals surface area contributed by atoms with E-state index >= 15 is 0 Å². The molecule has 0 bridgehead atoms. The summed E-state index contributed by atoms with van der Waals surface area (Å²) in [5.41, 5.74) is 5.44. The molecular formula is C26H28N2O. The van der Waals surface area contributed by atoms with E-state index in [0.717, 1.165) is 38.1 Å². The van der Waals surface area contributed by atoms with Crippen molar-refractivity contribution in [3.8, 4) is 5.75 Å². The summed E-state index contributed by atoms with van der Waals surface area (Å²) in [4.78, 5) is 2.71. The minimum absolute atomic E-state index is 0.0915. The van der Waals surface area contributed by atoms with Crippen molar-refractivity contribution in [1.82, 2.24) is 4.90 Å². The van der Waals surface area contributed by atoms with Gasteiger partial charge in [-0.3, -0.25) is 4.90 Å². The number of nitrogens with one attached hydrogen (secondary N) is 1. The van der Waals surface area contributed by atoms with E-state index in [-0.39, 0.29) is 5.54 Å². The van der Waals surface area contributed by atoms with Gasteiger partial charge in [0.05, 0.1) is 12.6 Å². The van der Waals surface area contributed by atoms with E-state index in [4.69, 9.17) is 4.74 Å². The van der Waals surface area contributed by atoms with Gasteiger partial charge >= 0.3 is 0 Å². The second kappa shape index (κ2) is 7.57. The predicted octanol–water partition coefficient (Wildman–Crippen LogP) is 5.07. The first kappa shape index (κ1) is 18.3. The third-order valence-corrected chi connectivity index (χ3v) is 6.66. The second-order valence-corrected chi connectivity index (χ2v) is 8.18. The van der Waals surface area contributed by atoms with Gasteiger partial charge in [0.15, 0.2) is 0 Å². The van der Waals surface area contributed by atoms with Crippen molar-refractivity contribution in [2.75, 3.05) is 25.5 Å². The van der Waals surface area contributed by atoms with Crippen molar-refractivity contribution >= 4 is 5.69 Å². The molecule has 0 radical (unpaired) electrons. The zero-order chi connectivity index (χ0) is 19.7. The molecule has 2 aliphatic rings. The summed E-state index contributed by atoms with van der Waals surface area (Å²) in [5, 5.41) is 3.81. The van der Waals surface area contributed by atoms with Gasteiger partial charge in [0.25, 0.3) is 0 Å². The van der Waals surface area contributed by atoms with Gasteiger partial charge in [-0.15, -0.1) is 0 Å². The van der Waals surface area contributed by atoms with Gasteiger partial charge in [0, 0.05) is 24.8 Å². The monoisotopic (exact) mass is 384 g/mol. The minimum atomic E-state index is -0.0915. The molecule has 2 aliphatic heterocycles. The Morgan fingerprint density at radius 3 is 2.45 bits per heavy atom. The average molecular weight is 385 g/mol. The molecule has 0 aromatic heterocycles. The lowest BCUT2D eigenvalue weighted by Gasteiger charge is -2.54. The lowest BCUT2D eigenvalue weighted by molar-refractivity contribution is 0.0612. The number of fused-ring (bicyclic) bond motifs is 3. The van der Waals surface area contributed by atoms with Crippen molar-refractivity contribution < 1.29 is 4.74 Å². The summed E-state index contributed by atoms with van der Waals surface area (Å²) >= 11 is 0. The average Bonchev–Trinajstić information content (AvgIpc) is 2.79. The number of piperidine rings is 1. The lowest BCUT2D eigenvalue weighted by atomic mass is 9.69. The highest BCUT2D eigenvalue weighted by atomic mass is 16.5. The van der Waals surface area contributed by atoms with Crippen LogP contribution in [-0.4, -0.2) is 31.1 Å². The molecule has 3 aromatic rings. The molecule has 1 fully saturated rings. The third kappa shape index (κ3) is 3.20. The molecule has 1 N–H and O–H groups in total. The highest BCUT2D eigenvalue weighted by Gasteiger charge is 2.47. The van der Waals surface area contributed by atoms with Gasteiger partial charge in [-0.05, 0) is 60.2 Å². The van der Waals surface area contributed by atoms with Gasteiger partial charge in [0.2, 0.25) is 0 Å². The first-order chi connectivity index (χ1) is 14.3. The SMILES string of the molecule is COc1ccc(C23CC(Nc4ccccc4)CCN2CCc2ccccc23)cc1. The standard InChI is InChI=1S/C26H28N2O/c1-29-24-13-11-21(12-14-24)26-19-23(27-22-8-3-2-4-9-22)16-18-28(26)17-15-20-7-5-6-10-25(20)26/h2-14,23,27H,15-19H2,1H3. The van der Waals surface area contributed by atoms with Crippen LogP contribution < -0.4 is 10.1 Å². The van der Waals surface area contributed by atoms with Crippen LogP contribution in [0.3, 0.4) is 0 Å². The Kier molecular flexibility index (Phi) is 4.76. The molecule has 0 aliphatic carbocycles. The first-order valence-electron chi connectivity index (χ1n) is 10.6. The topological polar surface area (TPSA) is 24.5 Å². The third-order valence-electron chi connectivity index (χ3n) is 6.66. The van der Waals surface area contributed by atoms with Crippen molar-refractivity contribution in [2.45, 2.75) is 30.8 Å². The molecule has 0 spiro atoms. The molecule has 0 saturated carbocycles. The van der Waals surface area contributed by atoms with Gasteiger partial charge in [-0.25, -0.2) is 0 Å². The van der Waals surface area contributed by atoms with Crippen LogP contribution >= 0.6 is 0 Å². The molecule has 1 saturated heterocycles. The Labute approximate surface area is 173 Å². The Bertz CT molecular complexity index is 970. The summed E-state index contributed by atoms with van der Waals surface area (Å²) in [5.74, 6) is 0.913. The number of benzene rings is 3. The Morgan fingerprint density at radius 1 is 0.897 bits per heavy atom. The number of ether oxygens (including phenoxy) is 1. The molecule has 148 valence electrons. The molecule has 3 nitrogen and oxygen atoms in total. The molecule has 2 heterocycles. The summed E-state index contributed by atoms with van der Waals surface area (Å²) in [6.07, 6.45) is 3.35. The van der Waals surface area contributed by atoms with Crippen LogP contribution in [0, 0.1) is 0 Å². The zero-order valence-electron chi connectivity index (χ0n) is 17.0. The molecular weight excluding hydrogens is 356 g/mol. The lowest BCUT2D eigenvalue weighted by Crippen LogP contribution is -2.57. The smallest absolute Gasteiger partial charge is 0.118 e. The van der Waals surface area contributed by atoms with E-state index in [1.165, 1.54) is 22.4 Å². The summed E-state index contributed by atoms with van der Waals surface area (Å²) in [6, 6.07) is 28.8. The van der Waals surface area contributed by atoms with E-state index < -0.39 is 0 Å². The molecule has 3 heteroatoms. The number of nitrogens with zero attached hydrogens (tertiary/aromatic N) is 1. The molecule has 3 aromatic carbocycles. The van der Waals surface area contributed by atoms with Gasteiger partial charge in [-0.2, -0.15) is 0 Å². The molecule has 5 rings (SSSR count). The van der Waals surface area contributed by atoms with E-state index in [0.29, 0.717) is 6.04 Å². The first-order valence-corrected chi connectivity index (χ1v) is 10.6. The van der Waals surface area contributed by atoms with Crippen LogP contribution in [0.4, 0.5) is 5.69 Å². The molecule has 2 atom stereocenters. The van der Waals surface area contributed by atoms with Crippen LogP contribution in [0.1, 0.15) is 29.5 Å². The number of methoxy groups -OCH3 is 1. The van der Waals surface area contributed by atoms with Crippen molar-refractivity contribution in [3.63, 3.8) is 0 Å². The maximum atomic E-state index is 5.43. The van der Waals surface area contributed by atoms with E-state index in [2.05, 4.69) is 89.1 Å². The number of anilines is 1. The zero-order valence-corrected chi connectivity index (χ0v) is 17.0. The number of hydrogen-bond donors (Lipinski definition) is 1. The van der Waals surface area contributed by atoms with Crippen LogP contribution in [-0.2, 0) is 12.0 Å². The highest BCUT2D eigenvalue weighted by Crippen LogP contribution is 2.47. The highest BCUT2D eigenvalue weighted by molar-refractivity contribution is 5.49. The van der Waals surface area contributed by atoms with Crippen LogP contribution in [0.5, 0.6) is 5.75 Å². The van der Waals surface area contributed by atoms with Crippen LogP contribution in [0.25, 0.3) is 0 Å².